The number of amides is 1. The molecule has 1 fully saturated rings. The summed E-state index contributed by atoms with van der Waals surface area (Å²) in [5.74, 6) is -0.0339. The summed E-state index contributed by atoms with van der Waals surface area (Å²) in [7, 11) is 3.35. The number of carbonyl (C=O) groups excluding carboxylic acids is 1. The van der Waals surface area contributed by atoms with Crippen molar-refractivity contribution in [2.75, 3.05) is 26.0 Å². The molecule has 0 spiro atoms. The highest BCUT2D eigenvalue weighted by molar-refractivity contribution is 6.62. The molecule has 1 aromatic rings. The molecule has 1 aromatic carbocycles. The zero-order valence-electron chi connectivity index (χ0n) is 14.3. The summed E-state index contributed by atoms with van der Waals surface area (Å²) in [6.07, 6.45) is 0. The van der Waals surface area contributed by atoms with E-state index in [0.29, 0.717) is 6.54 Å². The van der Waals surface area contributed by atoms with Gasteiger partial charge in [-0.05, 0) is 59.4 Å². The van der Waals surface area contributed by atoms with Crippen molar-refractivity contribution < 1.29 is 14.1 Å². The molecule has 0 atom stereocenters. The van der Waals surface area contributed by atoms with E-state index in [2.05, 4.69) is 5.32 Å². The smallest absolute Gasteiger partial charge is 0.399 e. The molecule has 1 amide bonds. The van der Waals surface area contributed by atoms with E-state index in [1.54, 1.807) is 0 Å². The van der Waals surface area contributed by atoms with E-state index in [-0.39, 0.29) is 24.2 Å². The molecular formula is C16H25BN2O3. The summed E-state index contributed by atoms with van der Waals surface area (Å²) in [4.78, 5) is 13.6. The Morgan fingerprint density at radius 2 is 1.59 bits per heavy atom. The van der Waals surface area contributed by atoms with Gasteiger partial charge in [-0.25, -0.2) is 0 Å². The van der Waals surface area contributed by atoms with Gasteiger partial charge in [0, 0.05) is 5.69 Å². The molecule has 1 heterocycles. The molecule has 1 aliphatic rings. The second kappa shape index (κ2) is 6.03. The van der Waals surface area contributed by atoms with Crippen molar-refractivity contribution >= 4 is 24.2 Å². The minimum Gasteiger partial charge on any atom is -0.399 e. The Morgan fingerprint density at radius 3 is 2.05 bits per heavy atom. The number of benzene rings is 1. The number of nitrogens with one attached hydrogen (secondary N) is 1. The van der Waals surface area contributed by atoms with Gasteiger partial charge in [0.1, 0.15) is 0 Å². The maximum atomic E-state index is 11.7. The zero-order valence-corrected chi connectivity index (χ0v) is 14.3. The fraction of sp³-hybridized carbons (Fsp3) is 0.562. The average Bonchev–Trinajstić information content (AvgIpc) is 2.58. The van der Waals surface area contributed by atoms with Crippen LogP contribution in [0.25, 0.3) is 0 Å². The van der Waals surface area contributed by atoms with E-state index in [9.17, 15) is 4.79 Å². The molecule has 1 saturated heterocycles. The molecule has 120 valence electrons. The van der Waals surface area contributed by atoms with Crippen LogP contribution in [0.5, 0.6) is 0 Å². The molecule has 1 N–H and O–H groups in total. The first-order valence-electron chi connectivity index (χ1n) is 7.51. The summed E-state index contributed by atoms with van der Waals surface area (Å²) in [5, 5.41) is 2.86. The van der Waals surface area contributed by atoms with Gasteiger partial charge < -0.3 is 19.5 Å². The summed E-state index contributed by atoms with van der Waals surface area (Å²) >= 11 is 0. The zero-order chi connectivity index (χ0) is 16.5. The van der Waals surface area contributed by atoms with Gasteiger partial charge in [0.05, 0.1) is 17.7 Å². The highest BCUT2D eigenvalue weighted by Gasteiger charge is 2.51. The first-order valence-corrected chi connectivity index (χ1v) is 7.51. The summed E-state index contributed by atoms with van der Waals surface area (Å²) < 4.78 is 12.0. The van der Waals surface area contributed by atoms with E-state index in [1.807, 2.05) is 71.0 Å². The number of rotatable bonds is 4. The van der Waals surface area contributed by atoms with Crippen LogP contribution in [0.15, 0.2) is 24.3 Å². The number of carbonyl (C=O) groups is 1. The third-order valence-electron chi connectivity index (χ3n) is 4.18. The maximum Gasteiger partial charge on any atom is 0.494 e. The van der Waals surface area contributed by atoms with Gasteiger partial charge in [0.15, 0.2) is 0 Å². The number of hydrogen-bond acceptors (Lipinski definition) is 4. The average molecular weight is 304 g/mol. The lowest BCUT2D eigenvalue weighted by atomic mass is 9.79. The van der Waals surface area contributed by atoms with E-state index in [4.69, 9.17) is 9.31 Å². The van der Waals surface area contributed by atoms with Crippen LogP contribution in [-0.2, 0) is 14.1 Å². The van der Waals surface area contributed by atoms with Crippen molar-refractivity contribution in [3.63, 3.8) is 0 Å². The largest absolute Gasteiger partial charge is 0.494 e. The maximum absolute atomic E-state index is 11.7. The molecule has 0 bridgehead atoms. The Kier molecular flexibility index (Phi) is 4.66. The fourth-order valence-corrected chi connectivity index (χ4v) is 2.19. The van der Waals surface area contributed by atoms with Gasteiger partial charge in [-0.15, -0.1) is 0 Å². The van der Waals surface area contributed by atoms with Crippen LogP contribution in [0.1, 0.15) is 27.7 Å². The van der Waals surface area contributed by atoms with Gasteiger partial charge in [-0.3, -0.25) is 4.79 Å². The quantitative estimate of drug-likeness (QED) is 0.856. The van der Waals surface area contributed by atoms with Crippen LogP contribution in [-0.4, -0.2) is 49.8 Å². The molecule has 1 aliphatic heterocycles. The van der Waals surface area contributed by atoms with Gasteiger partial charge >= 0.3 is 7.12 Å². The van der Waals surface area contributed by atoms with Crippen molar-refractivity contribution in [3.8, 4) is 0 Å². The Balaban J connectivity index is 2.03. The highest BCUT2D eigenvalue weighted by atomic mass is 16.7. The van der Waals surface area contributed by atoms with E-state index < -0.39 is 0 Å². The first-order chi connectivity index (χ1) is 10.1. The minimum absolute atomic E-state index is 0.0339. The molecule has 5 nitrogen and oxygen atoms in total. The molecule has 2 rings (SSSR count). The third-order valence-corrected chi connectivity index (χ3v) is 4.18. The summed E-state index contributed by atoms with van der Waals surface area (Å²) in [6.45, 7) is 8.48. The molecule has 0 saturated carbocycles. The third kappa shape index (κ3) is 3.69. The summed E-state index contributed by atoms with van der Waals surface area (Å²) in [6, 6.07) is 7.59. The van der Waals surface area contributed by atoms with E-state index in [0.717, 1.165) is 11.2 Å². The Morgan fingerprint density at radius 1 is 1.09 bits per heavy atom. The van der Waals surface area contributed by atoms with E-state index in [1.165, 1.54) is 0 Å². The van der Waals surface area contributed by atoms with Crippen LogP contribution in [0, 0.1) is 0 Å². The van der Waals surface area contributed by atoms with Crippen molar-refractivity contribution in [1.82, 2.24) is 4.90 Å². The van der Waals surface area contributed by atoms with Gasteiger partial charge in [0.25, 0.3) is 0 Å². The topological polar surface area (TPSA) is 50.8 Å². The van der Waals surface area contributed by atoms with Crippen molar-refractivity contribution in [3.05, 3.63) is 24.3 Å². The Hall–Kier alpha value is -1.37. The molecule has 22 heavy (non-hydrogen) atoms. The number of hydrogen-bond donors (Lipinski definition) is 1. The minimum atomic E-state index is -0.378. The van der Waals surface area contributed by atoms with Crippen molar-refractivity contribution in [2.45, 2.75) is 38.9 Å². The molecular weight excluding hydrogens is 279 g/mol. The second-order valence-corrected chi connectivity index (χ2v) is 7.00. The molecule has 0 aliphatic carbocycles. The highest BCUT2D eigenvalue weighted by Crippen LogP contribution is 2.36. The fourth-order valence-electron chi connectivity index (χ4n) is 2.19. The van der Waals surface area contributed by atoms with Gasteiger partial charge in [-0.1, -0.05) is 12.1 Å². The van der Waals surface area contributed by atoms with Crippen molar-refractivity contribution in [2.24, 2.45) is 0 Å². The molecule has 0 aromatic heterocycles. The number of likely N-dealkylation sites (N-methyl/N-ethyl adjacent to an activating group) is 1. The van der Waals surface area contributed by atoms with E-state index >= 15 is 0 Å². The Bertz CT molecular complexity index is 525. The number of nitrogens with zero attached hydrogens (tertiary/aromatic N) is 1. The lowest BCUT2D eigenvalue weighted by Gasteiger charge is -2.32. The Labute approximate surface area is 133 Å². The van der Waals surface area contributed by atoms with Crippen LogP contribution in [0.3, 0.4) is 0 Å². The first kappa shape index (κ1) is 17.0. The monoisotopic (exact) mass is 304 g/mol. The second-order valence-electron chi connectivity index (χ2n) is 7.00. The predicted molar refractivity (Wildman–Crippen MR) is 89.3 cm³/mol. The van der Waals surface area contributed by atoms with Crippen LogP contribution in [0.2, 0.25) is 0 Å². The van der Waals surface area contributed by atoms with Crippen LogP contribution >= 0.6 is 0 Å². The lowest BCUT2D eigenvalue weighted by molar-refractivity contribution is -0.116. The van der Waals surface area contributed by atoms with Crippen LogP contribution in [0.4, 0.5) is 5.69 Å². The van der Waals surface area contributed by atoms with Crippen LogP contribution < -0.4 is 10.8 Å². The molecule has 6 heteroatoms. The van der Waals surface area contributed by atoms with Gasteiger partial charge in [-0.2, -0.15) is 0 Å². The lowest BCUT2D eigenvalue weighted by Crippen LogP contribution is -2.41. The standard InChI is InChI=1S/C16H25BN2O3/c1-15(2)16(3,4)22-17(21-15)12-7-9-13(10-8-12)18-14(20)11-19(5)6/h7-10H,11H2,1-6H3,(H,18,20). The number of anilines is 1. The van der Waals surface area contributed by atoms with Crippen molar-refractivity contribution in [1.29, 1.82) is 0 Å². The summed E-state index contributed by atoms with van der Waals surface area (Å²) in [5.41, 5.74) is 1.02. The predicted octanol–water partition coefficient (Wildman–Crippen LogP) is 1.49. The normalized spacial score (nSPS) is 19.5. The van der Waals surface area contributed by atoms with Gasteiger partial charge in [0.2, 0.25) is 5.91 Å². The molecule has 0 unspecified atom stereocenters. The molecule has 0 radical (unpaired) electrons. The SMILES string of the molecule is CN(C)CC(=O)Nc1ccc(B2OC(C)(C)C(C)(C)O2)cc1.